The minimum atomic E-state index is -1.87. The Hall–Kier alpha value is -4.34. The maximum Gasteiger partial charge on any atom is 0.346 e. The maximum atomic E-state index is 15.5. The lowest BCUT2D eigenvalue weighted by atomic mass is 9.49. The van der Waals surface area contributed by atoms with E-state index in [0.29, 0.717) is 23.9 Å². The second-order valence-electron chi connectivity index (χ2n) is 25.9. The molecule has 2 bridgehead atoms. The zero-order valence-corrected chi connectivity index (χ0v) is 50.4. The highest BCUT2D eigenvalue weighted by molar-refractivity contribution is 6.26. The van der Waals surface area contributed by atoms with Crippen molar-refractivity contribution in [3.05, 3.63) is 68.5 Å². The quantitative estimate of drug-likeness (QED) is 0.0380. The lowest BCUT2D eigenvalue weighted by molar-refractivity contribution is -0.587. The summed E-state index contributed by atoms with van der Waals surface area (Å²) in [5, 5.41) is 59.7. The Morgan fingerprint density at radius 1 is 0.774 bits per heavy atom. The minimum Gasteiger partial charge on any atom is -0.511 e. The van der Waals surface area contributed by atoms with Crippen LogP contribution in [-0.4, -0.2) is 172 Å². The number of nitrogens with zero attached hydrogens (tertiary/aromatic N) is 1. The molecule has 0 aromatic carbocycles. The van der Waals surface area contributed by atoms with Gasteiger partial charge in [-0.25, -0.2) is 4.79 Å². The molecule has 5 N–H and O–H groups in total. The van der Waals surface area contributed by atoms with Gasteiger partial charge in [0, 0.05) is 74.7 Å². The average Bonchev–Trinajstić information content (AvgIpc) is 1.36. The van der Waals surface area contributed by atoms with Gasteiger partial charge in [0.25, 0.3) is 0 Å². The van der Waals surface area contributed by atoms with Crippen molar-refractivity contribution in [1.29, 1.82) is 0 Å². The summed E-state index contributed by atoms with van der Waals surface area (Å²) < 4.78 is 63.1. The molecule has 0 amide bonds. The van der Waals surface area contributed by atoms with E-state index in [0.717, 1.165) is 5.57 Å². The van der Waals surface area contributed by atoms with Gasteiger partial charge in [0.1, 0.15) is 42.0 Å². The average molecular weight is 1190 g/mol. The fourth-order valence-electron chi connectivity index (χ4n) is 15.6. The van der Waals surface area contributed by atoms with E-state index >= 15 is 4.79 Å². The van der Waals surface area contributed by atoms with Gasteiger partial charge in [-0.3, -0.25) is 24.5 Å². The Labute approximate surface area is 490 Å². The van der Waals surface area contributed by atoms with E-state index < -0.39 is 185 Å². The summed E-state index contributed by atoms with van der Waals surface area (Å²) in [4.78, 5) is 72.0. The monoisotopic (exact) mass is 1180 g/mol. The number of carbonyl (C=O) groups is 4. The molecule has 1 saturated carbocycles. The number of nitro groups is 1. The second-order valence-corrected chi connectivity index (χ2v) is 25.9. The Kier molecular flexibility index (Phi) is 19.1. The van der Waals surface area contributed by atoms with E-state index in [1.165, 1.54) is 21.0 Å². The molecule has 9 rings (SSSR count). The smallest absolute Gasteiger partial charge is 0.346 e. The van der Waals surface area contributed by atoms with Gasteiger partial charge in [-0.15, -0.1) is 5.48 Å². The maximum absolute atomic E-state index is 15.5. The molecule has 9 aliphatic rings. The Morgan fingerprint density at radius 3 is 2.02 bits per heavy atom. The van der Waals surface area contributed by atoms with Crippen molar-refractivity contribution in [2.75, 3.05) is 7.11 Å². The number of methoxy groups -OCH3 is 1. The van der Waals surface area contributed by atoms with Crippen LogP contribution >= 0.6 is 0 Å². The zero-order valence-electron chi connectivity index (χ0n) is 50.4. The molecule has 0 radical (unpaired) electrons. The van der Waals surface area contributed by atoms with Crippen molar-refractivity contribution in [2.24, 2.45) is 46.8 Å². The number of nitrogens with one attached hydrogen (secondary N) is 1. The topological polar surface area (TPSA) is 306 Å². The third-order valence-corrected chi connectivity index (χ3v) is 20.0. The van der Waals surface area contributed by atoms with Gasteiger partial charge in [0.05, 0.1) is 61.4 Å². The highest BCUT2D eigenvalue weighted by atomic mass is 16.7. The van der Waals surface area contributed by atoms with Crippen LogP contribution in [0.1, 0.15) is 128 Å². The van der Waals surface area contributed by atoms with Gasteiger partial charge >= 0.3 is 11.9 Å². The number of fused-ring (bicyclic) bond motifs is 4. The van der Waals surface area contributed by atoms with Gasteiger partial charge in [-0.1, -0.05) is 63.6 Å². The molecule has 6 fully saturated rings. The van der Waals surface area contributed by atoms with Crippen LogP contribution in [0.4, 0.5) is 0 Å². The number of hydroxylamine groups is 1. The van der Waals surface area contributed by atoms with E-state index in [2.05, 4.69) is 25.4 Å². The van der Waals surface area contributed by atoms with E-state index in [1.807, 2.05) is 26.0 Å². The van der Waals surface area contributed by atoms with Crippen LogP contribution in [0.25, 0.3) is 0 Å². The van der Waals surface area contributed by atoms with E-state index in [4.69, 9.17) is 52.2 Å². The number of Topliss-reactive ketones (excluding diaryl/α,β-unsaturated/α-hetero) is 1. The lowest BCUT2D eigenvalue weighted by Gasteiger charge is -2.56. The molecular formula is C61H88N2O21. The van der Waals surface area contributed by atoms with Gasteiger partial charge in [-0.2, -0.15) is 0 Å². The number of allylic oxidation sites excluding steroid dienone is 4. The van der Waals surface area contributed by atoms with Gasteiger partial charge in [0.15, 0.2) is 30.8 Å². The number of hydrogen-bond acceptors (Lipinski definition) is 22. The van der Waals surface area contributed by atoms with Crippen molar-refractivity contribution in [2.45, 2.75) is 244 Å². The van der Waals surface area contributed by atoms with Crippen LogP contribution in [0.2, 0.25) is 0 Å². The first-order valence-corrected chi connectivity index (χ1v) is 29.9. The number of aldehydes is 1. The first kappa shape index (κ1) is 64.1. The van der Waals surface area contributed by atoms with Crippen molar-refractivity contribution in [3.63, 3.8) is 0 Å². The summed E-state index contributed by atoms with van der Waals surface area (Å²) in [5.74, 6) is -6.09. The highest BCUT2D eigenvalue weighted by Crippen LogP contribution is 2.61. The number of aliphatic hydroxyl groups is 4. The van der Waals surface area contributed by atoms with Crippen molar-refractivity contribution in [1.82, 2.24) is 5.48 Å². The molecule has 0 aromatic rings. The predicted octanol–water partition coefficient (Wildman–Crippen LogP) is 5.49. The normalized spacial score (nSPS) is 48.5. The highest BCUT2D eigenvalue weighted by Gasteiger charge is 2.64. The van der Waals surface area contributed by atoms with Crippen LogP contribution in [-0.2, 0) is 71.4 Å². The number of ether oxygens (including phenoxy) is 10. The number of hydrogen-bond donors (Lipinski definition) is 5. The molecule has 23 heteroatoms. The summed E-state index contributed by atoms with van der Waals surface area (Å²) in [7, 11) is 1.50. The van der Waals surface area contributed by atoms with Gasteiger partial charge in [0.2, 0.25) is 11.3 Å². The first-order valence-electron chi connectivity index (χ1n) is 29.9. The Bertz CT molecular complexity index is 2630. The van der Waals surface area contributed by atoms with Crippen molar-refractivity contribution in [3.8, 4) is 0 Å². The molecule has 84 heavy (non-hydrogen) atoms. The number of esters is 1. The molecule has 0 aromatic heterocycles. The first-order chi connectivity index (χ1) is 39.6. The SMILES string of the molecule is CO[C@@H]1[C@H](O)C[C@@H](O[C@@H]2[C@H](O)C[C@H](O[C@@H]3C[C@H](O[C@@H]4[C@H]5C=C[C@H]6/C(C)=C/C[C@H](O[C@H]7C[C@](C)([N+](=O)[O-])[C@@H](NOC(C)=O)[C@@H](C)O7)/C(C)=C/[C@@H]7C=C(C=O)[C@H](C)C[C@]78OC(=O)C(=C(O)[C@@]6(C)[C@@H]5[C@@H](C)C[C@@H]4C)C8=O)O[C@@H](C)[C@@H]3O)O[C@H]2C)O[C@H]1C. The molecule has 5 heterocycles. The number of carbonyl (C=O) groups excluding carboxylic acids is 4. The van der Waals surface area contributed by atoms with Crippen LogP contribution in [0.15, 0.2) is 58.4 Å². The van der Waals surface area contributed by atoms with Crippen LogP contribution in [0.5, 0.6) is 0 Å². The van der Waals surface area contributed by atoms with Crippen molar-refractivity contribution >= 4 is 24.0 Å². The zero-order chi connectivity index (χ0) is 61.2. The Morgan fingerprint density at radius 2 is 1.39 bits per heavy atom. The summed E-state index contributed by atoms with van der Waals surface area (Å²) in [6, 6.07) is -1.05. The number of ketones is 1. The molecule has 4 aliphatic carbocycles. The summed E-state index contributed by atoms with van der Waals surface area (Å²) >= 11 is 0. The predicted molar refractivity (Wildman–Crippen MR) is 296 cm³/mol. The Balaban J connectivity index is 1.01. The summed E-state index contributed by atoms with van der Waals surface area (Å²) in [6.45, 7) is 21.0. The van der Waals surface area contributed by atoms with Gasteiger partial charge in [-0.05, 0) is 89.2 Å². The van der Waals surface area contributed by atoms with Gasteiger partial charge < -0.3 is 72.6 Å². The van der Waals surface area contributed by atoms with Crippen molar-refractivity contribution < 1.29 is 96.7 Å². The number of aliphatic hydroxyl groups excluding tert-OH is 4. The standard InChI is InChI=1S/C61H88N2O21/c1-27-14-17-43(79-48-25-59(11,63(72)73)55(35(9)78-48)62-84-36(10)65)28(2)19-38-20-37(26-64)31(5)24-61(38)57(70)49(58(71)83-61)56(69)60(12)40(27)16-15-39-50(60)29(3)18-30(4)52(39)81-47-23-44(51(68)32(6)75-47)80-45-22-42(67)54(34(8)77-45)82-46-21-41(66)53(74-13)33(7)76-46/h14-16,19-20,26,29-35,38-48,50-55,62,66-69H,17-18,21-25H2,1-13H3/b27-14+,28-19+,56-49?/t29-,30-,31+,32-,33-,34-,35+,38+,39-,40-,41+,42+,43-,44+,45-,46+,47-,48-,50+,51-,52-,53-,54-,55-,59-,60+,61-/m0/s1. The molecule has 0 unspecified atom stereocenters. The molecule has 5 saturated heterocycles. The third-order valence-electron chi connectivity index (χ3n) is 20.0. The molecular weight excluding hydrogens is 1100 g/mol. The molecule has 27 atom stereocenters. The largest absolute Gasteiger partial charge is 0.511 e. The molecule has 1 spiro atoms. The van der Waals surface area contributed by atoms with Crippen LogP contribution in [0, 0.1) is 57.0 Å². The fraction of sp³-hybridized carbons (Fsp3) is 0.770. The fourth-order valence-corrected chi connectivity index (χ4v) is 15.6. The van der Waals surface area contributed by atoms with E-state index in [1.54, 1.807) is 53.7 Å². The van der Waals surface area contributed by atoms with E-state index in [-0.39, 0.29) is 50.4 Å². The van der Waals surface area contributed by atoms with Crippen LogP contribution in [0.3, 0.4) is 0 Å². The van der Waals surface area contributed by atoms with E-state index in [9.17, 15) is 44.9 Å². The summed E-state index contributed by atoms with van der Waals surface area (Å²) in [6.07, 6.45) is -2.34. The summed E-state index contributed by atoms with van der Waals surface area (Å²) in [5.41, 5.74) is -1.18. The molecule has 23 nitrogen and oxygen atoms in total. The second kappa shape index (κ2) is 25.0. The molecule has 468 valence electrons. The minimum absolute atomic E-state index is 0.0104. The third kappa shape index (κ3) is 11.9. The molecule has 5 aliphatic heterocycles. The lowest BCUT2D eigenvalue weighted by Crippen LogP contribution is -2.65. The number of rotatable bonds is 13. The van der Waals surface area contributed by atoms with Crippen LogP contribution < -0.4 is 5.48 Å².